The summed E-state index contributed by atoms with van der Waals surface area (Å²) in [6.45, 7) is 1.55. The van der Waals surface area contributed by atoms with Crippen molar-refractivity contribution in [3.05, 3.63) is 76.8 Å². The van der Waals surface area contributed by atoms with Gasteiger partial charge in [0.25, 0.3) is 5.91 Å². The normalized spacial score (nSPS) is 19.4. The maximum Gasteiger partial charge on any atom is 0.416 e. The summed E-state index contributed by atoms with van der Waals surface area (Å²) in [5.74, 6) is -0.300. The second-order valence-electron chi connectivity index (χ2n) is 8.15. The van der Waals surface area contributed by atoms with Crippen molar-refractivity contribution in [1.29, 1.82) is 0 Å². The van der Waals surface area contributed by atoms with Gasteiger partial charge in [0.1, 0.15) is 5.01 Å². The highest BCUT2D eigenvalue weighted by molar-refractivity contribution is 7.96. The summed E-state index contributed by atoms with van der Waals surface area (Å²) in [6.07, 6.45) is 0.813. The third kappa shape index (κ3) is 4.81. The van der Waals surface area contributed by atoms with Crippen LogP contribution in [0.3, 0.4) is 0 Å². The number of likely N-dealkylation sites (tertiary alicyclic amines) is 1. The molecule has 1 atom stereocenters. The van der Waals surface area contributed by atoms with Crippen LogP contribution < -0.4 is 0 Å². The fraction of sp³-hybridized carbons (Fsp3) is 0.333. The molecular formula is C24H24F3N3OS2. The molecule has 0 saturated carbocycles. The maximum atomic E-state index is 13.6. The van der Waals surface area contributed by atoms with Crippen molar-refractivity contribution in [2.24, 2.45) is 0 Å². The van der Waals surface area contributed by atoms with E-state index in [0.717, 1.165) is 47.7 Å². The molecule has 0 radical (unpaired) electrons. The number of hydrogen-bond donors (Lipinski definition) is 0. The number of likely N-dealkylation sites (N-methyl/N-ethyl adjacent to an activating group) is 1. The van der Waals surface area contributed by atoms with Crippen LogP contribution in [-0.2, 0) is 11.7 Å². The van der Waals surface area contributed by atoms with E-state index in [-0.39, 0.29) is 11.5 Å². The first kappa shape index (κ1) is 23.8. The average Bonchev–Trinajstić information content (AvgIpc) is 3.34. The van der Waals surface area contributed by atoms with Crippen molar-refractivity contribution in [2.75, 3.05) is 26.4 Å². The number of carbonyl (C=O) groups is 1. The Labute approximate surface area is 199 Å². The molecule has 4 rings (SSSR count). The predicted molar refractivity (Wildman–Crippen MR) is 127 cm³/mol. The highest BCUT2D eigenvalue weighted by atomic mass is 32.2. The number of amides is 1. The van der Waals surface area contributed by atoms with Gasteiger partial charge in [-0.25, -0.2) is 4.98 Å². The minimum atomic E-state index is -4.44. The quantitative estimate of drug-likeness (QED) is 0.400. The molecule has 174 valence electrons. The Morgan fingerprint density at radius 3 is 2.58 bits per heavy atom. The van der Waals surface area contributed by atoms with Crippen LogP contribution >= 0.6 is 23.3 Å². The molecule has 0 bridgehead atoms. The minimum absolute atomic E-state index is 0.237. The number of halogens is 3. The van der Waals surface area contributed by atoms with Gasteiger partial charge >= 0.3 is 6.18 Å². The fourth-order valence-corrected chi connectivity index (χ4v) is 5.95. The van der Waals surface area contributed by atoms with Gasteiger partial charge in [-0.3, -0.25) is 9.10 Å². The maximum absolute atomic E-state index is 13.6. The zero-order valence-corrected chi connectivity index (χ0v) is 19.9. The van der Waals surface area contributed by atoms with E-state index in [2.05, 4.69) is 16.0 Å². The molecule has 1 fully saturated rings. The number of piperidine rings is 1. The molecule has 1 aromatic heterocycles. The van der Waals surface area contributed by atoms with E-state index in [1.54, 1.807) is 21.8 Å². The van der Waals surface area contributed by atoms with Crippen LogP contribution in [0.25, 0.3) is 10.6 Å². The van der Waals surface area contributed by atoms with Crippen molar-refractivity contribution >= 4 is 29.2 Å². The van der Waals surface area contributed by atoms with E-state index in [1.807, 2.05) is 36.9 Å². The summed E-state index contributed by atoms with van der Waals surface area (Å²) in [6, 6.07) is 12.6. The first-order valence-corrected chi connectivity index (χ1v) is 12.6. The number of benzene rings is 2. The van der Waals surface area contributed by atoms with Gasteiger partial charge in [0, 0.05) is 35.5 Å². The Morgan fingerprint density at radius 2 is 1.97 bits per heavy atom. The Balaban J connectivity index is 1.76. The standard InChI is InChI=1S/C24H24F3N3OS2/c1-29-13-4-11-23(16-29,20-6-3-5-18(15-20)21-28-12-14-33-21)30(32-2)22(31)17-7-9-19(10-8-17)24(25,26)27/h3,5-10,12,14-15H,4,11,13,16H2,1-2H3. The SMILES string of the molecule is CSN(C(=O)c1ccc(C(F)(F)F)cc1)C1(c2cccc(-c3nccs3)c2)CCCN(C)C1. The summed E-state index contributed by atoms with van der Waals surface area (Å²) in [7, 11) is 2.03. The average molecular weight is 492 g/mol. The van der Waals surface area contributed by atoms with Gasteiger partial charge < -0.3 is 4.90 Å². The highest BCUT2D eigenvalue weighted by Crippen LogP contribution is 2.43. The van der Waals surface area contributed by atoms with Gasteiger partial charge in [-0.05, 0) is 74.3 Å². The molecule has 2 aromatic carbocycles. The topological polar surface area (TPSA) is 36.4 Å². The number of rotatable bonds is 5. The molecule has 1 aliphatic heterocycles. The van der Waals surface area contributed by atoms with Crippen LogP contribution in [0.15, 0.2) is 60.1 Å². The number of hydrogen-bond acceptors (Lipinski definition) is 5. The molecule has 1 aliphatic rings. The Hall–Kier alpha value is -2.36. The highest BCUT2D eigenvalue weighted by Gasteiger charge is 2.44. The number of alkyl halides is 3. The molecule has 0 spiro atoms. The van der Waals surface area contributed by atoms with Gasteiger partial charge in [0.2, 0.25) is 0 Å². The van der Waals surface area contributed by atoms with E-state index in [9.17, 15) is 18.0 Å². The minimum Gasteiger partial charge on any atom is -0.304 e. The van der Waals surface area contributed by atoms with Gasteiger partial charge in [0.15, 0.2) is 0 Å². The van der Waals surface area contributed by atoms with Crippen LogP contribution in [0.5, 0.6) is 0 Å². The second-order valence-corrected chi connectivity index (χ2v) is 9.77. The van der Waals surface area contributed by atoms with Crippen molar-refractivity contribution in [2.45, 2.75) is 24.6 Å². The molecule has 1 unspecified atom stereocenters. The van der Waals surface area contributed by atoms with Gasteiger partial charge in [0.05, 0.1) is 11.1 Å². The predicted octanol–water partition coefficient (Wildman–Crippen LogP) is 6.17. The third-order valence-corrected chi connectivity index (χ3v) is 7.66. The number of thiazole rings is 1. The first-order valence-electron chi connectivity index (χ1n) is 10.5. The molecule has 4 nitrogen and oxygen atoms in total. The number of nitrogens with zero attached hydrogens (tertiary/aromatic N) is 3. The summed E-state index contributed by atoms with van der Waals surface area (Å²) in [5, 5.41) is 2.83. The number of aromatic nitrogens is 1. The van der Waals surface area contributed by atoms with Crippen LogP contribution in [0.4, 0.5) is 13.2 Å². The molecule has 0 aliphatic carbocycles. The Bertz CT molecular complexity index is 1100. The Morgan fingerprint density at radius 1 is 1.21 bits per heavy atom. The third-order valence-electron chi connectivity index (χ3n) is 5.96. The van der Waals surface area contributed by atoms with Crippen molar-refractivity contribution in [1.82, 2.24) is 14.2 Å². The van der Waals surface area contributed by atoms with Crippen LogP contribution in [0, 0.1) is 0 Å². The monoisotopic (exact) mass is 491 g/mol. The van der Waals surface area contributed by atoms with Crippen molar-refractivity contribution in [3.8, 4) is 10.6 Å². The lowest BCUT2D eigenvalue weighted by Gasteiger charge is -2.48. The lowest BCUT2D eigenvalue weighted by molar-refractivity contribution is -0.137. The van der Waals surface area contributed by atoms with E-state index < -0.39 is 17.3 Å². The zero-order chi connectivity index (χ0) is 23.6. The summed E-state index contributed by atoms with van der Waals surface area (Å²) in [4.78, 5) is 20.2. The van der Waals surface area contributed by atoms with Gasteiger partial charge in [-0.15, -0.1) is 11.3 Å². The van der Waals surface area contributed by atoms with Gasteiger partial charge in [-0.1, -0.05) is 18.2 Å². The zero-order valence-electron chi connectivity index (χ0n) is 18.3. The molecule has 9 heteroatoms. The molecular weight excluding hydrogens is 467 g/mol. The smallest absolute Gasteiger partial charge is 0.304 e. The van der Waals surface area contributed by atoms with Crippen LogP contribution in [-0.4, -0.2) is 46.5 Å². The van der Waals surface area contributed by atoms with Crippen molar-refractivity contribution < 1.29 is 18.0 Å². The summed E-state index contributed by atoms with van der Waals surface area (Å²) in [5.41, 5.74) is 0.827. The lowest BCUT2D eigenvalue weighted by atomic mass is 9.81. The van der Waals surface area contributed by atoms with E-state index in [1.165, 1.54) is 24.1 Å². The molecule has 1 saturated heterocycles. The number of carbonyl (C=O) groups excluding carboxylic acids is 1. The molecule has 1 amide bonds. The van der Waals surface area contributed by atoms with E-state index in [0.29, 0.717) is 6.54 Å². The largest absolute Gasteiger partial charge is 0.416 e. The summed E-state index contributed by atoms with van der Waals surface area (Å²) < 4.78 is 40.8. The fourth-order valence-electron chi connectivity index (χ4n) is 4.44. The molecule has 3 aromatic rings. The molecule has 2 heterocycles. The van der Waals surface area contributed by atoms with Gasteiger partial charge in [-0.2, -0.15) is 13.2 Å². The van der Waals surface area contributed by atoms with Crippen molar-refractivity contribution in [3.63, 3.8) is 0 Å². The van der Waals surface area contributed by atoms with E-state index >= 15 is 0 Å². The lowest BCUT2D eigenvalue weighted by Crippen LogP contribution is -2.55. The molecule has 0 N–H and O–H groups in total. The van der Waals surface area contributed by atoms with Crippen LogP contribution in [0.2, 0.25) is 0 Å². The molecule has 33 heavy (non-hydrogen) atoms. The summed E-state index contributed by atoms with van der Waals surface area (Å²) >= 11 is 2.86. The van der Waals surface area contributed by atoms with Crippen LogP contribution in [0.1, 0.15) is 34.3 Å². The Kier molecular flexibility index (Phi) is 6.83. The van der Waals surface area contributed by atoms with E-state index in [4.69, 9.17) is 0 Å². The second kappa shape index (κ2) is 9.48. The first-order chi connectivity index (χ1) is 15.7.